The third-order valence-electron chi connectivity index (χ3n) is 3.81. The van der Waals surface area contributed by atoms with E-state index in [0.717, 1.165) is 17.2 Å². The zero-order chi connectivity index (χ0) is 14.2. The lowest BCUT2D eigenvalue weighted by Crippen LogP contribution is -2.30. The highest BCUT2D eigenvalue weighted by Gasteiger charge is 2.33. The first-order valence-electron chi connectivity index (χ1n) is 6.63. The van der Waals surface area contributed by atoms with E-state index in [0.29, 0.717) is 18.0 Å². The van der Waals surface area contributed by atoms with Crippen LogP contribution in [0.2, 0.25) is 0 Å². The van der Waals surface area contributed by atoms with Crippen LogP contribution in [0.15, 0.2) is 47.4 Å². The lowest BCUT2D eigenvalue weighted by molar-refractivity contribution is 0.115. The quantitative estimate of drug-likeness (QED) is 0.871. The van der Waals surface area contributed by atoms with E-state index in [4.69, 9.17) is 4.74 Å². The highest BCUT2D eigenvalue weighted by atomic mass is 32.2. The fourth-order valence-electron chi connectivity index (χ4n) is 2.67. The summed E-state index contributed by atoms with van der Waals surface area (Å²) in [6.45, 7) is 0.951. The highest BCUT2D eigenvalue weighted by molar-refractivity contribution is 7.89. The molecule has 1 fully saturated rings. The van der Waals surface area contributed by atoms with Gasteiger partial charge in [-0.25, -0.2) is 8.42 Å². The second-order valence-electron chi connectivity index (χ2n) is 4.99. The molecular formula is C15H17NO3S. The van der Waals surface area contributed by atoms with Gasteiger partial charge in [0, 0.05) is 25.6 Å². The number of fused-ring (bicyclic) bond motifs is 1. The molecule has 0 aliphatic carbocycles. The molecular weight excluding hydrogens is 274 g/mol. The van der Waals surface area contributed by atoms with Gasteiger partial charge in [0.25, 0.3) is 0 Å². The maximum Gasteiger partial charge on any atom is 0.243 e. The van der Waals surface area contributed by atoms with Crippen molar-refractivity contribution in [3.8, 4) is 0 Å². The maximum absolute atomic E-state index is 12.8. The molecule has 1 aliphatic heterocycles. The van der Waals surface area contributed by atoms with Crippen molar-refractivity contribution in [2.24, 2.45) is 0 Å². The molecule has 1 unspecified atom stereocenters. The van der Waals surface area contributed by atoms with Gasteiger partial charge >= 0.3 is 0 Å². The van der Waals surface area contributed by atoms with Crippen LogP contribution in [0, 0.1) is 0 Å². The molecule has 1 aliphatic rings. The third kappa shape index (κ3) is 2.22. The Morgan fingerprint density at radius 2 is 1.90 bits per heavy atom. The van der Waals surface area contributed by atoms with E-state index >= 15 is 0 Å². The molecule has 0 N–H and O–H groups in total. The zero-order valence-electron chi connectivity index (χ0n) is 11.3. The van der Waals surface area contributed by atoms with Crippen molar-refractivity contribution in [2.75, 3.05) is 20.2 Å². The van der Waals surface area contributed by atoms with Crippen molar-refractivity contribution in [3.05, 3.63) is 42.5 Å². The second kappa shape index (κ2) is 5.16. The predicted molar refractivity (Wildman–Crippen MR) is 78.1 cm³/mol. The first-order chi connectivity index (χ1) is 9.63. The molecule has 0 amide bonds. The summed E-state index contributed by atoms with van der Waals surface area (Å²) in [6.07, 6.45) is 0.750. The summed E-state index contributed by atoms with van der Waals surface area (Å²) >= 11 is 0. The molecule has 0 radical (unpaired) electrons. The normalized spacial score (nSPS) is 20.6. The number of hydrogen-bond donors (Lipinski definition) is 0. The van der Waals surface area contributed by atoms with Crippen molar-refractivity contribution in [3.63, 3.8) is 0 Å². The van der Waals surface area contributed by atoms with Gasteiger partial charge in [-0.15, -0.1) is 0 Å². The van der Waals surface area contributed by atoms with Gasteiger partial charge in [-0.05, 0) is 17.9 Å². The van der Waals surface area contributed by atoms with Crippen LogP contribution >= 0.6 is 0 Å². The second-order valence-corrected chi connectivity index (χ2v) is 6.89. The van der Waals surface area contributed by atoms with Crippen molar-refractivity contribution in [1.82, 2.24) is 4.31 Å². The minimum absolute atomic E-state index is 0.000230. The van der Waals surface area contributed by atoms with Crippen LogP contribution in [-0.4, -0.2) is 39.0 Å². The van der Waals surface area contributed by atoms with Gasteiger partial charge in [-0.1, -0.05) is 36.4 Å². The largest absolute Gasteiger partial charge is 0.380 e. The molecule has 20 heavy (non-hydrogen) atoms. The molecule has 106 valence electrons. The number of methoxy groups -OCH3 is 1. The van der Waals surface area contributed by atoms with Crippen LogP contribution < -0.4 is 0 Å². The van der Waals surface area contributed by atoms with Gasteiger partial charge in [0.1, 0.15) is 0 Å². The Hall–Kier alpha value is -1.43. The molecule has 2 aromatic rings. The molecule has 0 saturated carbocycles. The lowest BCUT2D eigenvalue weighted by atomic mass is 10.1. The van der Waals surface area contributed by atoms with Crippen LogP contribution in [0.5, 0.6) is 0 Å². The summed E-state index contributed by atoms with van der Waals surface area (Å²) in [5.41, 5.74) is 0. The van der Waals surface area contributed by atoms with E-state index in [2.05, 4.69) is 0 Å². The molecule has 5 heteroatoms. The van der Waals surface area contributed by atoms with Gasteiger partial charge in [0.05, 0.1) is 11.0 Å². The maximum atomic E-state index is 12.8. The number of ether oxygens (including phenoxy) is 1. The Labute approximate surface area is 119 Å². The Balaban J connectivity index is 2.06. The summed E-state index contributed by atoms with van der Waals surface area (Å²) in [4.78, 5) is 0.382. The monoisotopic (exact) mass is 291 g/mol. The van der Waals surface area contributed by atoms with Gasteiger partial charge in [0.2, 0.25) is 10.0 Å². The molecule has 1 heterocycles. The van der Waals surface area contributed by atoms with Crippen molar-refractivity contribution in [1.29, 1.82) is 0 Å². The zero-order valence-corrected chi connectivity index (χ0v) is 12.1. The van der Waals surface area contributed by atoms with Crippen molar-refractivity contribution in [2.45, 2.75) is 17.4 Å². The van der Waals surface area contributed by atoms with E-state index in [-0.39, 0.29) is 6.10 Å². The first-order valence-corrected chi connectivity index (χ1v) is 8.07. The molecule has 4 nitrogen and oxygen atoms in total. The van der Waals surface area contributed by atoms with Crippen LogP contribution in [0.3, 0.4) is 0 Å². The van der Waals surface area contributed by atoms with Gasteiger partial charge in [0.15, 0.2) is 0 Å². The molecule has 0 aromatic heterocycles. The number of rotatable bonds is 3. The fourth-order valence-corrected chi connectivity index (χ4v) is 4.37. The van der Waals surface area contributed by atoms with E-state index in [1.54, 1.807) is 19.2 Å². The number of benzene rings is 2. The van der Waals surface area contributed by atoms with Crippen LogP contribution in [0.4, 0.5) is 0 Å². The Morgan fingerprint density at radius 3 is 2.65 bits per heavy atom. The highest BCUT2D eigenvalue weighted by Crippen LogP contribution is 2.28. The summed E-state index contributed by atoms with van der Waals surface area (Å²) in [5.74, 6) is 0. The number of sulfonamides is 1. The van der Waals surface area contributed by atoms with E-state index in [9.17, 15) is 8.42 Å². The van der Waals surface area contributed by atoms with Gasteiger partial charge in [-0.2, -0.15) is 4.31 Å². The third-order valence-corrected chi connectivity index (χ3v) is 5.73. The molecule has 1 saturated heterocycles. The summed E-state index contributed by atoms with van der Waals surface area (Å²) in [7, 11) is -1.83. The van der Waals surface area contributed by atoms with Crippen molar-refractivity contribution < 1.29 is 13.2 Å². The van der Waals surface area contributed by atoms with Crippen LogP contribution in [0.1, 0.15) is 6.42 Å². The van der Waals surface area contributed by atoms with E-state index in [1.807, 2.05) is 30.3 Å². The van der Waals surface area contributed by atoms with Gasteiger partial charge in [-0.3, -0.25) is 0 Å². The minimum atomic E-state index is -3.45. The SMILES string of the molecule is COC1CCN(S(=O)(=O)c2cccc3ccccc23)C1. The Bertz CT molecular complexity index is 721. The molecule has 2 aromatic carbocycles. The molecule has 0 bridgehead atoms. The molecule has 1 atom stereocenters. The Kier molecular flexibility index (Phi) is 3.50. The van der Waals surface area contributed by atoms with Gasteiger partial charge < -0.3 is 4.74 Å². The minimum Gasteiger partial charge on any atom is -0.380 e. The average Bonchev–Trinajstić information content (AvgIpc) is 2.96. The smallest absolute Gasteiger partial charge is 0.243 e. The first kappa shape index (κ1) is 13.5. The molecule has 3 rings (SSSR count). The summed E-state index contributed by atoms with van der Waals surface area (Å²) in [6, 6.07) is 13.0. The number of hydrogen-bond acceptors (Lipinski definition) is 3. The Morgan fingerprint density at radius 1 is 1.15 bits per heavy atom. The predicted octanol–water partition coefficient (Wildman–Crippen LogP) is 2.25. The fraction of sp³-hybridized carbons (Fsp3) is 0.333. The standard InChI is InChI=1S/C15H17NO3S/c1-19-13-9-10-16(11-13)20(17,18)15-8-4-6-12-5-2-3-7-14(12)15/h2-8,13H,9-11H2,1H3. The van der Waals surface area contributed by atoms with Crippen molar-refractivity contribution >= 4 is 20.8 Å². The topological polar surface area (TPSA) is 46.6 Å². The average molecular weight is 291 g/mol. The van der Waals surface area contributed by atoms with E-state index < -0.39 is 10.0 Å². The van der Waals surface area contributed by atoms with E-state index in [1.165, 1.54) is 4.31 Å². The number of nitrogens with zero attached hydrogens (tertiary/aromatic N) is 1. The molecule has 0 spiro atoms. The lowest BCUT2D eigenvalue weighted by Gasteiger charge is -2.17. The summed E-state index contributed by atoms with van der Waals surface area (Å²) in [5, 5.41) is 1.71. The van der Waals surface area contributed by atoms with Crippen LogP contribution in [0.25, 0.3) is 10.8 Å². The van der Waals surface area contributed by atoms with Crippen LogP contribution in [-0.2, 0) is 14.8 Å². The summed E-state index contributed by atoms with van der Waals surface area (Å²) < 4.78 is 32.3.